The molecule has 116 valence electrons. The molecule has 0 aliphatic carbocycles. The van der Waals surface area contributed by atoms with Crippen molar-refractivity contribution in [3.63, 3.8) is 0 Å². The highest BCUT2D eigenvalue weighted by molar-refractivity contribution is 5.79. The molecule has 0 unspecified atom stereocenters. The van der Waals surface area contributed by atoms with Crippen molar-refractivity contribution >= 4 is 11.8 Å². The van der Waals surface area contributed by atoms with Crippen molar-refractivity contribution in [2.45, 2.75) is 39.5 Å². The van der Waals surface area contributed by atoms with Crippen molar-refractivity contribution in [1.82, 2.24) is 10.6 Å². The lowest BCUT2D eigenvalue weighted by molar-refractivity contribution is -0.125. The van der Waals surface area contributed by atoms with E-state index in [1.165, 1.54) is 0 Å². The van der Waals surface area contributed by atoms with Crippen molar-refractivity contribution in [3.8, 4) is 0 Å². The fraction of sp³-hybridized carbons (Fsp3) is 0.529. The van der Waals surface area contributed by atoms with Gasteiger partial charge in [-0.15, -0.1) is 0 Å². The van der Waals surface area contributed by atoms with Crippen LogP contribution >= 0.6 is 0 Å². The molecular weight excluding hydrogens is 264 g/mol. The number of carbonyl (C=O) groups is 2. The van der Waals surface area contributed by atoms with E-state index in [0.29, 0.717) is 19.5 Å². The minimum absolute atomic E-state index is 0.0237. The monoisotopic (exact) mass is 290 g/mol. The molecule has 0 fully saturated rings. The van der Waals surface area contributed by atoms with E-state index in [1.54, 1.807) is 0 Å². The van der Waals surface area contributed by atoms with E-state index in [-0.39, 0.29) is 17.7 Å². The van der Waals surface area contributed by atoms with E-state index in [9.17, 15) is 9.59 Å². The smallest absolute Gasteiger partial charge is 0.223 e. The van der Waals surface area contributed by atoms with E-state index >= 15 is 0 Å². The SMILES string of the molecule is CCC(CC)C(=O)NCCNC(=O)CCc1ccccc1. The van der Waals surface area contributed by atoms with Gasteiger partial charge in [-0.25, -0.2) is 0 Å². The summed E-state index contributed by atoms with van der Waals surface area (Å²) in [4.78, 5) is 23.4. The van der Waals surface area contributed by atoms with Crippen molar-refractivity contribution < 1.29 is 9.59 Å². The van der Waals surface area contributed by atoms with Crippen LogP contribution in [-0.4, -0.2) is 24.9 Å². The molecule has 2 amide bonds. The van der Waals surface area contributed by atoms with Gasteiger partial charge >= 0.3 is 0 Å². The van der Waals surface area contributed by atoms with Gasteiger partial charge in [-0.05, 0) is 24.8 Å². The second-order valence-electron chi connectivity index (χ2n) is 5.14. The summed E-state index contributed by atoms with van der Waals surface area (Å²) in [5, 5.41) is 5.69. The molecule has 1 rings (SSSR count). The number of nitrogens with one attached hydrogen (secondary N) is 2. The van der Waals surface area contributed by atoms with E-state index in [0.717, 1.165) is 24.8 Å². The van der Waals surface area contributed by atoms with Crippen LogP contribution in [0.4, 0.5) is 0 Å². The number of benzene rings is 1. The Morgan fingerprint density at radius 3 is 2.24 bits per heavy atom. The minimum Gasteiger partial charge on any atom is -0.354 e. The van der Waals surface area contributed by atoms with Crippen molar-refractivity contribution in [3.05, 3.63) is 35.9 Å². The minimum atomic E-state index is 0.0237. The van der Waals surface area contributed by atoms with E-state index in [1.807, 2.05) is 44.2 Å². The Kier molecular flexibility index (Phi) is 8.17. The molecule has 0 spiro atoms. The molecule has 4 heteroatoms. The van der Waals surface area contributed by atoms with Crippen LogP contribution in [0.25, 0.3) is 0 Å². The van der Waals surface area contributed by atoms with Gasteiger partial charge in [-0.2, -0.15) is 0 Å². The molecule has 0 heterocycles. The maximum Gasteiger partial charge on any atom is 0.223 e. The number of hydrogen-bond donors (Lipinski definition) is 2. The molecule has 4 nitrogen and oxygen atoms in total. The van der Waals surface area contributed by atoms with Crippen molar-refractivity contribution in [2.24, 2.45) is 5.92 Å². The third kappa shape index (κ3) is 6.93. The van der Waals surface area contributed by atoms with Crippen LogP contribution in [0.3, 0.4) is 0 Å². The van der Waals surface area contributed by atoms with Crippen LogP contribution in [0.5, 0.6) is 0 Å². The second kappa shape index (κ2) is 9.97. The Balaban J connectivity index is 2.12. The lowest BCUT2D eigenvalue weighted by Gasteiger charge is -2.13. The molecule has 0 atom stereocenters. The van der Waals surface area contributed by atoms with Crippen LogP contribution < -0.4 is 10.6 Å². The highest BCUT2D eigenvalue weighted by Gasteiger charge is 2.12. The fourth-order valence-corrected chi connectivity index (χ4v) is 2.18. The zero-order chi connectivity index (χ0) is 15.5. The molecule has 0 bridgehead atoms. The standard InChI is InChI=1S/C17H26N2O2/c1-3-15(4-2)17(21)19-13-12-18-16(20)11-10-14-8-6-5-7-9-14/h5-9,15H,3-4,10-13H2,1-2H3,(H,18,20)(H,19,21). The molecule has 0 saturated carbocycles. The normalized spacial score (nSPS) is 10.4. The largest absolute Gasteiger partial charge is 0.354 e. The summed E-state index contributed by atoms with van der Waals surface area (Å²) in [6.07, 6.45) is 2.93. The highest BCUT2D eigenvalue weighted by Crippen LogP contribution is 2.06. The molecule has 2 N–H and O–H groups in total. The summed E-state index contributed by atoms with van der Waals surface area (Å²) in [7, 11) is 0. The number of carbonyl (C=O) groups excluding carboxylic acids is 2. The number of hydrogen-bond acceptors (Lipinski definition) is 2. The molecule has 0 saturated heterocycles. The molecule has 1 aromatic carbocycles. The van der Waals surface area contributed by atoms with E-state index in [4.69, 9.17) is 0 Å². The van der Waals surface area contributed by atoms with Crippen LogP contribution in [0.2, 0.25) is 0 Å². The van der Waals surface area contributed by atoms with E-state index in [2.05, 4.69) is 10.6 Å². The zero-order valence-corrected chi connectivity index (χ0v) is 13.0. The van der Waals surface area contributed by atoms with Gasteiger partial charge in [-0.1, -0.05) is 44.2 Å². The summed E-state index contributed by atoms with van der Waals surface area (Å²) in [5.41, 5.74) is 1.16. The highest BCUT2D eigenvalue weighted by atomic mass is 16.2. The quantitative estimate of drug-likeness (QED) is 0.686. The van der Waals surface area contributed by atoms with Gasteiger partial charge in [0.25, 0.3) is 0 Å². The third-order valence-electron chi connectivity index (χ3n) is 3.59. The first-order chi connectivity index (χ1) is 10.2. The molecule has 0 radical (unpaired) electrons. The molecule has 21 heavy (non-hydrogen) atoms. The Bertz CT molecular complexity index is 428. The van der Waals surface area contributed by atoms with Crippen LogP contribution in [-0.2, 0) is 16.0 Å². The molecule has 0 aromatic heterocycles. The van der Waals surface area contributed by atoms with Crippen LogP contribution in [0, 0.1) is 5.92 Å². The van der Waals surface area contributed by atoms with Crippen LogP contribution in [0.15, 0.2) is 30.3 Å². The summed E-state index contributed by atoms with van der Waals surface area (Å²) >= 11 is 0. The van der Waals surface area contributed by atoms with E-state index < -0.39 is 0 Å². The maximum atomic E-state index is 11.7. The summed E-state index contributed by atoms with van der Waals surface area (Å²) in [6, 6.07) is 9.94. The lowest BCUT2D eigenvalue weighted by Crippen LogP contribution is -2.37. The van der Waals surface area contributed by atoms with Gasteiger partial charge in [0.05, 0.1) is 0 Å². The molecular formula is C17H26N2O2. The second-order valence-corrected chi connectivity index (χ2v) is 5.14. The molecule has 0 aliphatic heterocycles. The number of aryl methyl sites for hydroxylation is 1. The van der Waals surface area contributed by atoms with Gasteiger partial charge in [0.1, 0.15) is 0 Å². The first-order valence-corrected chi connectivity index (χ1v) is 7.75. The zero-order valence-electron chi connectivity index (χ0n) is 13.0. The Hall–Kier alpha value is -1.84. The molecule has 0 aliphatic rings. The average molecular weight is 290 g/mol. The van der Waals surface area contributed by atoms with Gasteiger partial charge in [0.15, 0.2) is 0 Å². The third-order valence-corrected chi connectivity index (χ3v) is 3.59. The predicted molar refractivity (Wildman–Crippen MR) is 84.9 cm³/mol. The van der Waals surface area contributed by atoms with Crippen molar-refractivity contribution in [1.29, 1.82) is 0 Å². The summed E-state index contributed by atoms with van der Waals surface area (Å²) < 4.78 is 0. The summed E-state index contributed by atoms with van der Waals surface area (Å²) in [6.45, 7) is 5.00. The Morgan fingerprint density at radius 2 is 1.62 bits per heavy atom. The lowest BCUT2D eigenvalue weighted by atomic mass is 10.0. The van der Waals surface area contributed by atoms with Gasteiger partial charge in [-0.3, -0.25) is 9.59 Å². The average Bonchev–Trinajstić information content (AvgIpc) is 2.52. The Morgan fingerprint density at radius 1 is 1.00 bits per heavy atom. The Labute approximate surface area is 127 Å². The number of amides is 2. The first kappa shape index (κ1) is 17.2. The topological polar surface area (TPSA) is 58.2 Å². The first-order valence-electron chi connectivity index (χ1n) is 7.75. The maximum absolute atomic E-state index is 11.7. The van der Waals surface area contributed by atoms with Crippen molar-refractivity contribution in [2.75, 3.05) is 13.1 Å². The fourth-order valence-electron chi connectivity index (χ4n) is 2.18. The summed E-state index contributed by atoms with van der Waals surface area (Å²) in [5.74, 6) is 0.188. The molecule has 1 aromatic rings. The predicted octanol–water partition coefficient (Wildman–Crippen LogP) is 2.29. The van der Waals surface area contributed by atoms with Gasteiger partial charge in [0.2, 0.25) is 11.8 Å². The van der Waals surface area contributed by atoms with Crippen LogP contribution in [0.1, 0.15) is 38.7 Å². The van der Waals surface area contributed by atoms with Gasteiger partial charge < -0.3 is 10.6 Å². The van der Waals surface area contributed by atoms with Gasteiger partial charge in [0, 0.05) is 25.4 Å². The number of rotatable bonds is 9.